The van der Waals surface area contributed by atoms with Gasteiger partial charge >= 0.3 is 0 Å². The van der Waals surface area contributed by atoms with Crippen LogP contribution in [0.3, 0.4) is 0 Å². The van der Waals surface area contributed by atoms with E-state index in [0.29, 0.717) is 31.3 Å². The summed E-state index contributed by atoms with van der Waals surface area (Å²) in [6, 6.07) is 5.69. The van der Waals surface area contributed by atoms with Crippen LogP contribution in [0, 0.1) is 0 Å². The lowest BCUT2D eigenvalue weighted by Crippen LogP contribution is -2.06. The third-order valence-electron chi connectivity index (χ3n) is 2.71. The van der Waals surface area contributed by atoms with E-state index in [2.05, 4.69) is 10.1 Å². The quantitative estimate of drug-likeness (QED) is 0.848. The molecule has 0 amide bonds. The van der Waals surface area contributed by atoms with Gasteiger partial charge in [-0.25, -0.2) is 4.98 Å². The molecule has 1 aromatic heterocycles. The van der Waals surface area contributed by atoms with E-state index < -0.39 is 0 Å². The van der Waals surface area contributed by atoms with Crippen molar-refractivity contribution in [2.75, 3.05) is 6.61 Å². The molecule has 0 fully saturated rings. The van der Waals surface area contributed by atoms with Crippen LogP contribution >= 0.6 is 0 Å². The lowest BCUT2D eigenvalue weighted by Gasteiger charge is -2.12. The number of rotatable bonds is 6. The fourth-order valence-electron chi connectivity index (χ4n) is 1.66. The van der Waals surface area contributed by atoms with Crippen molar-refractivity contribution in [1.29, 1.82) is 0 Å². The molecule has 0 bridgehead atoms. The molecule has 102 valence electrons. The van der Waals surface area contributed by atoms with Gasteiger partial charge in [-0.3, -0.25) is 4.68 Å². The van der Waals surface area contributed by atoms with Crippen LogP contribution in [0.4, 0.5) is 0 Å². The summed E-state index contributed by atoms with van der Waals surface area (Å²) in [5, 5.41) is 3.99. The number of benzene rings is 1. The standard InChI is InChI=1S/C13H18N4O2/c1-3-18-12-6-10(7-14)4-5-11(12)19-8-13-15-9-16-17(13)2/h4-6,9H,3,7-8,14H2,1-2H3. The van der Waals surface area contributed by atoms with E-state index in [1.165, 1.54) is 6.33 Å². The molecule has 1 aromatic carbocycles. The largest absolute Gasteiger partial charge is 0.490 e. The first-order valence-corrected chi connectivity index (χ1v) is 6.16. The summed E-state index contributed by atoms with van der Waals surface area (Å²) in [6.45, 7) is 3.33. The Bertz CT molecular complexity index is 539. The van der Waals surface area contributed by atoms with Crippen LogP contribution in [0.15, 0.2) is 24.5 Å². The Morgan fingerprint density at radius 3 is 2.74 bits per heavy atom. The number of ether oxygens (including phenoxy) is 2. The highest BCUT2D eigenvalue weighted by molar-refractivity contribution is 5.43. The summed E-state index contributed by atoms with van der Waals surface area (Å²) in [5.74, 6) is 2.14. The second-order valence-corrected chi connectivity index (χ2v) is 4.01. The SMILES string of the molecule is CCOc1cc(CN)ccc1OCc1ncnn1C. The van der Waals surface area contributed by atoms with Crippen LogP contribution in [0.2, 0.25) is 0 Å². The van der Waals surface area contributed by atoms with Crippen molar-refractivity contribution in [1.82, 2.24) is 14.8 Å². The number of nitrogens with zero attached hydrogens (tertiary/aromatic N) is 3. The van der Waals surface area contributed by atoms with Gasteiger partial charge in [0.25, 0.3) is 0 Å². The topological polar surface area (TPSA) is 75.2 Å². The Morgan fingerprint density at radius 1 is 1.26 bits per heavy atom. The molecule has 0 saturated carbocycles. The number of hydrogen-bond acceptors (Lipinski definition) is 5. The highest BCUT2D eigenvalue weighted by atomic mass is 16.5. The zero-order valence-electron chi connectivity index (χ0n) is 11.2. The normalized spacial score (nSPS) is 10.5. The van der Waals surface area contributed by atoms with Gasteiger partial charge in [-0.2, -0.15) is 5.10 Å². The zero-order chi connectivity index (χ0) is 13.7. The Labute approximate surface area is 112 Å². The Kier molecular flexibility index (Phi) is 4.35. The van der Waals surface area contributed by atoms with E-state index in [9.17, 15) is 0 Å². The van der Waals surface area contributed by atoms with Gasteiger partial charge in [0, 0.05) is 13.6 Å². The Balaban J connectivity index is 2.12. The molecule has 6 heteroatoms. The van der Waals surface area contributed by atoms with Crippen molar-refractivity contribution in [3.8, 4) is 11.5 Å². The number of hydrogen-bond donors (Lipinski definition) is 1. The fraction of sp³-hybridized carbons (Fsp3) is 0.385. The third kappa shape index (κ3) is 3.23. The van der Waals surface area contributed by atoms with Gasteiger partial charge < -0.3 is 15.2 Å². The van der Waals surface area contributed by atoms with Crippen LogP contribution in [0.5, 0.6) is 11.5 Å². The highest BCUT2D eigenvalue weighted by Crippen LogP contribution is 2.29. The highest BCUT2D eigenvalue weighted by Gasteiger charge is 2.08. The smallest absolute Gasteiger partial charge is 0.164 e. The molecule has 2 aromatic rings. The van der Waals surface area contributed by atoms with Crippen molar-refractivity contribution < 1.29 is 9.47 Å². The van der Waals surface area contributed by atoms with E-state index in [4.69, 9.17) is 15.2 Å². The molecule has 19 heavy (non-hydrogen) atoms. The molecule has 0 radical (unpaired) electrons. The first-order chi connectivity index (χ1) is 9.24. The third-order valence-corrected chi connectivity index (χ3v) is 2.71. The van der Waals surface area contributed by atoms with Gasteiger partial charge in [0.15, 0.2) is 17.3 Å². The lowest BCUT2D eigenvalue weighted by atomic mass is 10.2. The van der Waals surface area contributed by atoms with Crippen molar-refractivity contribution in [3.05, 3.63) is 35.9 Å². The van der Waals surface area contributed by atoms with Crippen LogP contribution < -0.4 is 15.2 Å². The van der Waals surface area contributed by atoms with E-state index >= 15 is 0 Å². The summed E-state index contributed by atoms with van der Waals surface area (Å²) in [6.07, 6.45) is 1.50. The Morgan fingerprint density at radius 2 is 2.11 bits per heavy atom. The number of aryl methyl sites for hydroxylation is 1. The van der Waals surface area contributed by atoms with Crippen molar-refractivity contribution in [3.63, 3.8) is 0 Å². The molecule has 2 N–H and O–H groups in total. The lowest BCUT2D eigenvalue weighted by molar-refractivity contribution is 0.259. The molecule has 6 nitrogen and oxygen atoms in total. The zero-order valence-corrected chi connectivity index (χ0v) is 11.2. The van der Waals surface area contributed by atoms with E-state index in [1.54, 1.807) is 4.68 Å². The monoisotopic (exact) mass is 262 g/mol. The minimum Gasteiger partial charge on any atom is -0.490 e. The molecule has 0 unspecified atom stereocenters. The Hall–Kier alpha value is -2.08. The molecule has 0 spiro atoms. The van der Waals surface area contributed by atoms with E-state index in [-0.39, 0.29) is 0 Å². The summed E-state index contributed by atoms with van der Waals surface area (Å²) in [4.78, 5) is 4.11. The predicted octanol–water partition coefficient (Wildman–Crippen LogP) is 1.25. The van der Waals surface area contributed by atoms with Gasteiger partial charge in [-0.1, -0.05) is 6.07 Å². The molecule has 2 rings (SSSR count). The fourth-order valence-corrected chi connectivity index (χ4v) is 1.66. The van der Waals surface area contributed by atoms with Gasteiger partial charge in [-0.15, -0.1) is 0 Å². The maximum absolute atomic E-state index is 5.73. The molecule has 0 aliphatic carbocycles. The maximum Gasteiger partial charge on any atom is 0.164 e. The van der Waals surface area contributed by atoms with E-state index in [1.807, 2.05) is 32.2 Å². The van der Waals surface area contributed by atoms with Crippen molar-refractivity contribution >= 4 is 0 Å². The summed E-state index contributed by atoms with van der Waals surface area (Å²) in [7, 11) is 1.83. The van der Waals surface area contributed by atoms with Gasteiger partial charge in [-0.05, 0) is 24.6 Å². The minimum absolute atomic E-state index is 0.346. The first-order valence-electron chi connectivity index (χ1n) is 6.16. The van der Waals surface area contributed by atoms with E-state index in [0.717, 1.165) is 11.4 Å². The number of aromatic nitrogens is 3. The van der Waals surface area contributed by atoms with Crippen molar-refractivity contribution in [2.45, 2.75) is 20.1 Å². The molecule has 0 aliphatic heterocycles. The van der Waals surface area contributed by atoms with Gasteiger partial charge in [0.1, 0.15) is 12.9 Å². The molecule has 0 atom stereocenters. The molecule has 1 heterocycles. The number of nitrogens with two attached hydrogens (primary N) is 1. The maximum atomic E-state index is 5.73. The van der Waals surface area contributed by atoms with Crippen LogP contribution in [-0.2, 0) is 20.2 Å². The average Bonchev–Trinajstić information content (AvgIpc) is 2.83. The average molecular weight is 262 g/mol. The molecular formula is C13H18N4O2. The van der Waals surface area contributed by atoms with Crippen molar-refractivity contribution in [2.24, 2.45) is 12.8 Å². The molecular weight excluding hydrogens is 244 g/mol. The predicted molar refractivity (Wildman–Crippen MR) is 70.8 cm³/mol. The minimum atomic E-state index is 0.346. The summed E-state index contributed by atoms with van der Waals surface area (Å²) in [5.41, 5.74) is 6.63. The van der Waals surface area contributed by atoms with Gasteiger partial charge in [0.05, 0.1) is 6.61 Å². The molecule has 0 aliphatic rings. The first kappa shape index (κ1) is 13.4. The second-order valence-electron chi connectivity index (χ2n) is 4.01. The summed E-state index contributed by atoms with van der Waals surface area (Å²) < 4.78 is 13.0. The van der Waals surface area contributed by atoms with Gasteiger partial charge in [0.2, 0.25) is 0 Å². The molecule has 0 saturated heterocycles. The summed E-state index contributed by atoms with van der Waals surface area (Å²) >= 11 is 0. The second kappa shape index (κ2) is 6.19. The van der Waals surface area contributed by atoms with Crippen LogP contribution in [0.1, 0.15) is 18.3 Å². The van der Waals surface area contributed by atoms with Crippen LogP contribution in [0.25, 0.3) is 0 Å². The van der Waals surface area contributed by atoms with Crippen LogP contribution in [-0.4, -0.2) is 21.4 Å².